The minimum Gasteiger partial charge on any atom is -0.486 e. The summed E-state index contributed by atoms with van der Waals surface area (Å²) in [7, 11) is -3.89. The number of amides is 1. The molecule has 34 heavy (non-hydrogen) atoms. The van der Waals surface area contributed by atoms with Crippen molar-refractivity contribution in [2.75, 3.05) is 29.9 Å². The van der Waals surface area contributed by atoms with Crippen molar-refractivity contribution in [3.05, 3.63) is 77.9 Å². The summed E-state index contributed by atoms with van der Waals surface area (Å²) < 4.78 is 43.7. The Kier molecular flexibility index (Phi) is 6.69. The van der Waals surface area contributed by atoms with Crippen LogP contribution >= 0.6 is 0 Å². The lowest BCUT2D eigenvalue weighted by atomic mass is 10.2. The van der Waals surface area contributed by atoms with Crippen molar-refractivity contribution in [1.82, 2.24) is 0 Å². The van der Waals surface area contributed by atoms with E-state index in [-0.39, 0.29) is 16.1 Å². The molecule has 4 rings (SSSR count). The standard InChI is InChI=1S/C24H22N2O7S/c1-16-3-2-4-19(13-16)25-23(27)15-33-24(28)17-5-7-18(8-6-17)26-34(29,30)20-9-10-21-22(14-20)32-12-11-31-21/h2-10,13-14,26H,11-12,15H2,1H3,(H,25,27). The van der Waals surface area contributed by atoms with Gasteiger partial charge >= 0.3 is 5.97 Å². The summed E-state index contributed by atoms with van der Waals surface area (Å²) in [6.45, 7) is 2.19. The molecule has 1 heterocycles. The maximum absolute atomic E-state index is 12.7. The highest BCUT2D eigenvalue weighted by Crippen LogP contribution is 2.32. The lowest BCUT2D eigenvalue weighted by Gasteiger charge is -2.19. The molecule has 10 heteroatoms. The highest BCUT2D eigenvalue weighted by molar-refractivity contribution is 7.92. The van der Waals surface area contributed by atoms with Gasteiger partial charge < -0.3 is 19.5 Å². The number of carbonyl (C=O) groups is 2. The van der Waals surface area contributed by atoms with Gasteiger partial charge in [-0.25, -0.2) is 13.2 Å². The van der Waals surface area contributed by atoms with E-state index in [1.54, 1.807) is 18.2 Å². The van der Waals surface area contributed by atoms with Crippen LogP contribution in [0.3, 0.4) is 0 Å². The van der Waals surface area contributed by atoms with Crippen molar-refractivity contribution in [2.45, 2.75) is 11.8 Å². The largest absolute Gasteiger partial charge is 0.486 e. The van der Waals surface area contributed by atoms with Gasteiger partial charge in [0.1, 0.15) is 13.2 Å². The highest BCUT2D eigenvalue weighted by atomic mass is 32.2. The number of hydrogen-bond acceptors (Lipinski definition) is 7. The van der Waals surface area contributed by atoms with Crippen LogP contribution in [0.4, 0.5) is 11.4 Å². The van der Waals surface area contributed by atoms with Crippen LogP contribution in [0.2, 0.25) is 0 Å². The maximum atomic E-state index is 12.7. The monoisotopic (exact) mass is 482 g/mol. The van der Waals surface area contributed by atoms with Gasteiger partial charge in [-0.1, -0.05) is 12.1 Å². The number of fused-ring (bicyclic) bond motifs is 1. The van der Waals surface area contributed by atoms with Crippen LogP contribution in [-0.2, 0) is 19.6 Å². The smallest absolute Gasteiger partial charge is 0.338 e. The summed E-state index contributed by atoms with van der Waals surface area (Å²) >= 11 is 0. The maximum Gasteiger partial charge on any atom is 0.338 e. The average Bonchev–Trinajstić information content (AvgIpc) is 2.82. The predicted octanol–water partition coefficient (Wildman–Crippen LogP) is 3.36. The molecule has 0 spiro atoms. The highest BCUT2D eigenvalue weighted by Gasteiger charge is 2.20. The van der Waals surface area contributed by atoms with Gasteiger partial charge in [0.25, 0.3) is 15.9 Å². The molecule has 0 saturated heterocycles. The minimum atomic E-state index is -3.89. The zero-order valence-corrected chi connectivity index (χ0v) is 19.1. The number of sulfonamides is 1. The van der Waals surface area contributed by atoms with E-state index in [2.05, 4.69) is 10.0 Å². The Labute approximate surface area is 196 Å². The third-order valence-electron chi connectivity index (χ3n) is 4.83. The Bertz CT molecular complexity index is 1320. The van der Waals surface area contributed by atoms with E-state index in [9.17, 15) is 18.0 Å². The van der Waals surface area contributed by atoms with E-state index < -0.39 is 28.5 Å². The second-order valence-electron chi connectivity index (χ2n) is 7.48. The van der Waals surface area contributed by atoms with Crippen LogP contribution in [0.5, 0.6) is 11.5 Å². The molecule has 3 aromatic rings. The number of nitrogens with one attached hydrogen (secondary N) is 2. The summed E-state index contributed by atoms with van der Waals surface area (Å²) in [5.41, 5.74) is 2.02. The Morgan fingerprint density at radius 2 is 1.65 bits per heavy atom. The Hall–Kier alpha value is -4.05. The number of ether oxygens (including phenoxy) is 3. The normalized spacial score (nSPS) is 12.5. The van der Waals surface area contributed by atoms with Crippen molar-refractivity contribution in [3.8, 4) is 11.5 Å². The molecule has 0 radical (unpaired) electrons. The van der Waals surface area contributed by atoms with E-state index in [0.717, 1.165) is 5.56 Å². The third-order valence-corrected chi connectivity index (χ3v) is 6.21. The van der Waals surface area contributed by atoms with Gasteiger partial charge in [-0.15, -0.1) is 0 Å². The van der Waals surface area contributed by atoms with Gasteiger partial charge in [-0.05, 0) is 61.0 Å². The van der Waals surface area contributed by atoms with Crippen molar-refractivity contribution in [2.24, 2.45) is 0 Å². The fourth-order valence-electron chi connectivity index (χ4n) is 3.21. The first-order valence-corrected chi connectivity index (χ1v) is 11.8. The Morgan fingerprint density at radius 1 is 0.912 bits per heavy atom. The molecule has 176 valence electrons. The molecule has 1 aliphatic rings. The molecule has 9 nitrogen and oxygen atoms in total. The summed E-state index contributed by atoms with van der Waals surface area (Å²) in [4.78, 5) is 24.3. The molecule has 0 saturated carbocycles. The van der Waals surface area contributed by atoms with Crippen LogP contribution < -0.4 is 19.5 Å². The second kappa shape index (κ2) is 9.84. The van der Waals surface area contributed by atoms with Gasteiger partial charge in [-0.2, -0.15) is 0 Å². The van der Waals surface area contributed by atoms with Crippen molar-refractivity contribution >= 4 is 33.3 Å². The van der Waals surface area contributed by atoms with Gasteiger partial charge in [0, 0.05) is 17.4 Å². The lowest BCUT2D eigenvalue weighted by Crippen LogP contribution is -2.21. The molecule has 0 atom stereocenters. The summed E-state index contributed by atoms with van der Waals surface area (Å²) in [6, 6.07) is 17.3. The molecular weight excluding hydrogens is 460 g/mol. The summed E-state index contributed by atoms with van der Waals surface area (Å²) in [5, 5.41) is 2.65. The molecule has 0 aromatic heterocycles. The second-order valence-corrected chi connectivity index (χ2v) is 9.16. The van der Waals surface area contributed by atoms with E-state index in [4.69, 9.17) is 14.2 Å². The molecule has 1 amide bonds. The number of rotatable bonds is 7. The summed E-state index contributed by atoms with van der Waals surface area (Å²) in [5.74, 6) is -0.331. The van der Waals surface area contributed by atoms with Crippen LogP contribution in [0.1, 0.15) is 15.9 Å². The van der Waals surface area contributed by atoms with E-state index >= 15 is 0 Å². The minimum absolute atomic E-state index is 0.0138. The fraction of sp³-hybridized carbons (Fsp3) is 0.167. The van der Waals surface area contributed by atoms with Gasteiger partial charge in [0.2, 0.25) is 0 Å². The number of aryl methyl sites for hydroxylation is 1. The molecule has 2 N–H and O–H groups in total. The van der Waals surface area contributed by atoms with Crippen molar-refractivity contribution in [3.63, 3.8) is 0 Å². The Balaban J connectivity index is 1.34. The number of anilines is 2. The predicted molar refractivity (Wildman–Crippen MR) is 125 cm³/mol. The quantitative estimate of drug-likeness (QED) is 0.496. The molecular formula is C24H22N2O7S. The van der Waals surface area contributed by atoms with E-state index in [0.29, 0.717) is 30.4 Å². The SMILES string of the molecule is Cc1cccc(NC(=O)COC(=O)c2ccc(NS(=O)(=O)c3ccc4c(c3)OCCO4)cc2)c1. The lowest BCUT2D eigenvalue weighted by molar-refractivity contribution is -0.119. The molecule has 0 bridgehead atoms. The number of carbonyl (C=O) groups excluding carboxylic acids is 2. The van der Waals surface area contributed by atoms with Crippen LogP contribution in [0, 0.1) is 6.92 Å². The van der Waals surface area contributed by atoms with Crippen LogP contribution in [0.15, 0.2) is 71.6 Å². The van der Waals surface area contributed by atoms with Crippen molar-refractivity contribution in [1.29, 1.82) is 0 Å². The number of esters is 1. The molecule has 3 aromatic carbocycles. The topological polar surface area (TPSA) is 120 Å². The Morgan fingerprint density at radius 3 is 2.38 bits per heavy atom. The first-order chi connectivity index (χ1) is 16.3. The van der Waals surface area contributed by atoms with Gasteiger partial charge in [0.05, 0.1) is 10.5 Å². The third kappa shape index (κ3) is 5.65. The first-order valence-electron chi connectivity index (χ1n) is 10.4. The zero-order valence-electron chi connectivity index (χ0n) is 18.2. The van der Waals surface area contributed by atoms with E-state index in [1.807, 2.05) is 13.0 Å². The fourth-order valence-corrected chi connectivity index (χ4v) is 4.29. The zero-order chi connectivity index (χ0) is 24.1. The van der Waals surface area contributed by atoms with Gasteiger partial charge in [-0.3, -0.25) is 9.52 Å². The molecule has 0 aliphatic carbocycles. The first kappa shape index (κ1) is 23.1. The number of hydrogen-bond donors (Lipinski definition) is 2. The molecule has 0 unspecified atom stereocenters. The average molecular weight is 483 g/mol. The van der Waals surface area contributed by atoms with Crippen LogP contribution in [-0.4, -0.2) is 40.1 Å². The van der Waals surface area contributed by atoms with Gasteiger partial charge in [0.15, 0.2) is 18.1 Å². The van der Waals surface area contributed by atoms with Crippen LogP contribution in [0.25, 0.3) is 0 Å². The van der Waals surface area contributed by atoms with E-state index in [1.165, 1.54) is 42.5 Å². The van der Waals surface area contributed by atoms with Crippen molar-refractivity contribution < 1.29 is 32.2 Å². The summed E-state index contributed by atoms with van der Waals surface area (Å²) in [6.07, 6.45) is 0. The molecule has 0 fully saturated rings. The number of benzene rings is 3. The molecule has 1 aliphatic heterocycles.